The quantitative estimate of drug-likeness (QED) is 0.857. The van der Waals surface area contributed by atoms with Gasteiger partial charge in [0, 0.05) is 13.6 Å². The van der Waals surface area contributed by atoms with E-state index in [2.05, 4.69) is 15.4 Å². The van der Waals surface area contributed by atoms with Crippen molar-refractivity contribution in [2.24, 2.45) is 17.8 Å². The number of aromatic amines is 1. The van der Waals surface area contributed by atoms with Crippen LogP contribution in [0.1, 0.15) is 36.2 Å². The molecule has 0 spiro atoms. The molecule has 17 heavy (non-hydrogen) atoms. The van der Waals surface area contributed by atoms with Gasteiger partial charge in [-0.05, 0) is 37.0 Å². The number of rotatable bonds is 3. The number of H-pyrrole nitrogens is 1. The van der Waals surface area contributed by atoms with Crippen LogP contribution in [-0.4, -0.2) is 39.8 Å². The highest BCUT2D eigenvalue weighted by molar-refractivity contribution is 5.91. The van der Waals surface area contributed by atoms with Crippen molar-refractivity contribution in [1.29, 1.82) is 0 Å². The van der Waals surface area contributed by atoms with Crippen molar-refractivity contribution in [2.75, 3.05) is 13.6 Å². The highest BCUT2D eigenvalue weighted by atomic mass is 16.2. The molecule has 3 unspecified atom stereocenters. The Morgan fingerprint density at radius 1 is 1.53 bits per heavy atom. The molecule has 5 nitrogen and oxygen atoms in total. The average molecular weight is 234 g/mol. The third-order valence-corrected chi connectivity index (χ3v) is 4.37. The van der Waals surface area contributed by atoms with Crippen molar-refractivity contribution in [2.45, 2.75) is 25.7 Å². The van der Waals surface area contributed by atoms with Crippen LogP contribution in [0.5, 0.6) is 0 Å². The van der Waals surface area contributed by atoms with E-state index in [0.29, 0.717) is 11.6 Å². The first-order valence-corrected chi connectivity index (χ1v) is 6.35. The van der Waals surface area contributed by atoms with Crippen molar-refractivity contribution < 1.29 is 4.79 Å². The highest BCUT2D eigenvalue weighted by Crippen LogP contribution is 2.48. The number of nitrogens with one attached hydrogen (secondary N) is 1. The Morgan fingerprint density at radius 2 is 2.41 bits per heavy atom. The zero-order valence-electron chi connectivity index (χ0n) is 10.1. The van der Waals surface area contributed by atoms with Crippen molar-refractivity contribution in [1.82, 2.24) is 20.3 Å². The molecule has 0 saturated heterocycles. The molecular formula is C12H18N4O. The smallest absolute Gasteiger partial charge is 0.275 e. The predicted octanol–water partition coefficient (Wildman–Crippen LogP) is 1.31. The van der Waals surface area contributed by atoms with Crippen LogP contribution < -0.4 is 0 Å². The fourth-order valence-electron chi connectivity index (χ4n) is 3.53. The van der Waals surface area contributed by atoms with E-state index in [0.717, 1.165) is 18.4 Å². The Kier molecular flexibility index (Phi) is 2.61. The fourth-order valence-corrected chi connectivity index (χ4v) is 3.53. The van der Waals surface area contributed by atoms with Crippen molar-refractivity contribution in [3.05, 3.63) is 11.9 Å². The number of hydrogen-bond acceptors (Lipinski definition) is 3. The maximum atomic E-state index is 12.0. The van der Waals surface area contributed by atoms with E-state index in [4.69, 9.17) is 0 Å². The van der Waals surface area contributed by atoms with E-state index in [9.17, 15) is 4.79 Å². The van der Waals surface area contributed by atoms with Gasteiger partial charge in [-0.1, -0.05) is 6.42 Å². The lowest BCUT2D eigenvalue weighted by molar-refractivity contribution is 0.0748. The topological polar surface area (TPSA) is 61.9 Å². The van der Waals surface area contributed by atoms with Gasteiger partial charge in [0.15, 0.2) is 5.69 Å². The molecule has 1 amide bonds. The summed E-state index contributed by atoms with van der Waals surface area (Å²) >= 11 is 0. The standard InChI is InChI=1S/C12H18N4O/c1-16(12(17)11-6-13-15-14-11)7-10-5-8-2-3-9(10)4-8/h6,8-10H,2-5,7H2,1H3,(H,13,14,15). The molecule has 0 radical (unpaired) electrons. The molecule has 2 bridgehead atoms. The molecule has 2 aliphatic rings. The first-order chi connectivity index (χ1) is 8.24. The van der Waals surface area contributed by atoms with Gasteiger partial charge in [0.05, 0.1) is 6.20 Å². The summed E-state index contributed by atoms with van der Waals surface area (Å²) in [5.74, 6) is 2.46. The van der Waals surface area contributed by atoms with E-state index >= 15 is 0 Å². The van der Waals surface area contributed by atoms with Gasteiger partial charge in [-0.2, -0.15) is 15.4 Å². The molecule has 1 aromatic heterocycles. The van der Waals surface area contributed by atoms with Crippen LogP contribution in [0.3, 0.4) is 0 Å². The molecule has 0 aromatic carbocycles. The van der Waals surface area contributed by atoms with Crippen LogP contribution in [0.25, 0.3) is 0 Å². The van der Waals surface area contributed by atoms with Gasteiger partial charge in [0.2, 0.25) is 0 Å². The maximum absolute atomic E-state index is 12.0. The Bertz CT molecular complexity index is 403. The molecule has 3 rings (SSSR count). The Balaban J connectivity index is 1.60. The molecule has 0 aliphatic heterocycles. The van der Waals surface area contributed by atoms with Gasteiger partial charge < -0.3 is 4.90 Å². The van der Waals surface area contributed by atoms with Crippen LogP contribution in [-0.2, 0) is 0 Å². The number of amides is 1. The van der Waals surface area contributed by atoms with E-state index < -0.39 is 0 Å². The number of carbonyl (C=O) groups excluding carboxylic acids is 1. The first kappa shape index (κ1) is 10.7. The summed E-state index contributed by atoms with van der Waals surface area (Å²) in [6.07, 6.45) is 6.95. The summed E-state index contributed by atoms with van der Waals surface area (Å²) in [7, 11) is 1.86. The summed E-state index contributed by atoms with van der Waals surface area (Å²) in [4.78, 5) is 13.8. The second kappa shape index (κ2) is 4.13. The number of nitrogens with zero attached hydrogens (tertiary/aromatic N) is 3. The van der Waals surface area contributed by atoms with Crippen molar-refractivity contribution in [3.63, 3.8) is 0 Å². The molecule has 3 atom stereocenters. The van der Waals surface area contributed by atoms with Crippen molar-refractivity contribution >= 4 is 5.91 Å². The van der Waals surface area contributed by atoms with Gasteiger partial charge in [-0.25, -0.2) is 0 Å². The zero-order chi connectivity index (χ0) is 11.8. The number of carbonyl (C=O) groups is 1. The summed E-state index contributed by atoms with van der Waals surface area (Å²) in [6.45, 7) is 0.868. The van der Waals surface area contributed by atoms with Gasteiger partial charge in [0.25, 0.3) is 5.91 Å². The summed E-state index contributed by atoms with van der Waals surface area (Å²) in [6, 6.07) is 0. The molecule has 2 saturated carbocycles. The second-order valence-corrected chi connectivity index (χ2v) is 5.48. The molecular weight excluding hydrogens is 216 g/mol. The first-order valence-electron chi connectivity index (χ1n) is 6.35. The highest BCUT2D eigenvalue weighted by Gasteiger charge is 2.40. The minimum absolute atomic E-state index is 0.0264. The minimum atomic E-state index is -0.0264. The summed E-state index contributed by atoms with van der Waals surface area (Å²) in [5, 5.41) is 9.98. The fraction of sp³-hybridized carbons (Fsp3) is 0.750. The Hall–Kier alpha value is -1.39. The zero-order valence-corrected chi connectivity index (χ0v) is 10.1. The van der Waals surface area contributed by atoms with Gasteiger partial charge in [0.1, 0.15) is 0 Å². The summed E-state index contributed by atoms with van der Waals surface area (Å²) < 4.78 is 0. The minimum Gasteiger partial charge on any atom is -0.340 e. The third-order valence-electron chi connectivity index (χ3n) is 4.37. The van der Waals surface area contributed by atoms with E-state index in [-0.39, 0.29) is 5.91 Å². The number of hydrogen-bond donors (Lipinski definition) is 1. The number of fused-ring (bicyclic) bond motifs is 2. The largest absolute Gasteiger partial charge is 0.340 e. The molecule has 1 heterocycles. The normalized spacial score (nSPS) is 30.8. The third kappa shape index (κ3) is 1.94. The molecule has 1 aromatic rings. The maximum Gasteiger partial charge on any atom is 0.275 e. The molecule has 2 aliphatic carbocycles. The number of aromatic nitrogens is 3. The Morgan fingerprint density at radius 3 is 3.00 bits per heavy atom. The molecule has 5 heteroatoms. The van der Waals surface area contributed by atoms with E-state index in [1.165, 1.54) is 31.9 Å². The van der Waals surface area contributed by atoms with Crippen LogP contribution in [0.4, 0.5) is 0 Å². The van der Waals surface area contributed by atoms with Crippen LogP contribution in [0.2, 0.25) is 0 Å². The summed E-state index contributed by atoms with van der Waals surface area (Å²) in [5.41, 5.74) is 0.413. The molecule has 92 valence electrons. The monoisotopic (exact) mass is 234 g/mol. The lowest BCUT2D eigenvalue weighted by Gasteiger charge is -2.26. The van der Waals surface area contributed by atoms with E-state index in [1.807, 2.05) is 7.05 Å². The van der Waals surface area contributed by atoms with Crippen LogP contribution in [0.15, 0.2) is 6.20 Å². The van der Waals surface area contributed by atoms with E-state index in [1.54, 1.807) is 4.90 Å². The van der Waals surface area contributed by atoms with Gasteiger partial charge >= 0.3 is 0 Å². The van der Waals surface area contributed by atoms with Crippen LogP contribution in [0, 0.1) is 17.8 Å². The van der Waals surface area contributed by atoms with Gasteiger partial charge in [-0.3, -0.25) is 4.79 Å². The lowest BCUT2D eigenvalue weighted by atomic mass is 9.88. The Labute approximate surface area is 101 Å². The molecule has 2 fully saturated rings. The van der Waals surface area contributed by atoms with Gasteiger partial charge in [-0.15, -0.1) is 0 Å². The van der Waals surface area contributed by atoms with Crippen molar-refractivity contribution in [3.8, 4) is 0 Å². The SMILES string of the molecule is CN(CC1CC2CCC1C2)C(=O)c1cn[nH]n1. The predicted molar refractivity (Wildman–Crippen MR) is 62.3 cm³/mol. The second-order valence-electron chi connectivity index (χ2n) is 5.48. The van der Waals surface area contributed by atoms with Crippen LogP contribution >= 0.6 is 0 Å². The lowest BCUT2D eigenvalue weighted by Crippen LogP contribution is -2.34. The average Bonchev–Trinajstić information content (AvgIpc) is 3.04. The molecule has 1 N–H and O–H groups in total.